The summed E-state index contributed by atoms with van der Waals surface area (Å²) >= 11 is 6.20. The van der Waals surface area contributed by atoms with E-state index in [1.807, 2.05) is 49.4 Å². The van der Waals surface area contributed by atoms with Gasteiger partial charge in [-0.15, -0.1) is 0 Å². The molecule has 0 unspecified atom stereocenters. The number of pyridine rings is 1. The monoisotopic (exact) mass is 474 g/mol. The lowest BCUT2D eigenvalue weighted by Gasteiger charge is -2.19. The van der Waals surface area contributed by atoms with E-state index in [1.165, 1.54) is 0 Å². The Bertz CT molecular complexity index is 1340. The summed E-state index contributed by atoms with van der Waals surface area (Å²) < 4.78 is 12.3. The number of fused-ring (bicyclic) bond motifs is 4. The number of ether oxygens (including phenoxy) is 2. The van der Waals surface area contributed by atoms with Crippen molar-refractivity contribution in [2.75, 3.05) is 5.32 Å². The molecule has 7 heteroatoms. The summed E-state index contributed by atoms with van der Waals surface area (Å²) in [7, 11) is 0. The molecule has 0 bridgehead atoms. The zero-order chi connectivity index (χ0) is 23.4. The van der Waals surface area contributed by atoms with Crippen molar-refractivity contribution in [2.45, 2.75) is 44.6 Å². The highest BCUT2D eigenvalue weighted by Crippen LogP contribution is 2.60. The van der Waals surface area contributed by atoms with Gasteiger partial charge in [0.2, 0.25) is 5.91 Å². The van der Waals surface area contributed by atoms with Crippen LogP contribution in [0, 0.1) is 12.8 Å². The number of nitrogens with zero attached hydrogens (tertiary/aromatic N) is 1. The average molecular weight is 475 g/mol. The van der Waals surface area contributed by atoms with Gasteiger partial charge in [0.05, 0.1) is 0 Å². The van der Waals surface area contributed by atoms with Crippen molar-refractivity contribution in [3.63, 3.8) is 0 Å². The Morgan fingerprint density at radius 2 is 2.09 bits per heavy atom. The van der Waals surface area contributed by atoms with E-state index in [1.54, 1.807) is 6.20 Å². The van der Waals surface area contributed by atoms with Gasteiger partial charge in [-0.3, -0.25) is 9.59 Å². The molecule has 3 aromatic rings. The first kappa shape index (κ1) is 21.2. The standard InChI is InChI=1S/C27H23ClN2O4/c1-14-2-3-15(11-21(14)28)10-16(31)12-20-25-19-13-17(4-6-22(19)34-26(20)25)33-23-8-9-29-27-18(23)5-7-24(32)30-27/h2-4,6,8-9,11,13,20,25-26H,5,7,10,12H2,1H3,(H,29,30,32)/t20-,25-,26+/m0/s1. The molecule has 1 amide bonds. The number of rotatable bonds is 6. The number of aromatic nitrogens is 1. The Kier molecular flexibility index (Phi) is 5.06. The zero-order valence-electron chi connectivity index (χ0n) is 18.6. The van der Waals surface area contributed by atoms with Crippen LogP contribution >= 0.6 is 11.6 Å². The van der Waals surface area contributed by atoms with Crippen LogP contribution in [-0.2, 0) is 22.4 Å². The summed E-state index contributed by atoms with van der Waals surface area (Å²) in [5.41, 5.74) is 3.95. The molecule has 1 aliphatic carbocycles. The van der Waals surface area contributed by atoms with Gasteiger partial charge < -0.3 is 14.8 Å². The highest BCUT2D eigenvalue weighted by atomic mass is 35.5. The summed E-state index contributed by atoms with van der Waals surface area (Å²) in [5.74, 6) is 3.41. The minimum atomic E-state index is -0.0299. The number of benzene rings is 2. The second kappa shape index (κ2) is 8.13. The van der Waals surface area contributed by atoms with Crippen molar-refractivity contribution in [3.8, 4) is 17.2 Å². The van der Waals surface area contributed by atoms with Crippen LogP contribution in [0.5, 0.6) is 17.2 Å². The molecule has 3 aliphatic rings. The van der Waals surface area contributed by atoms with E-state index in [0.29, 0.717) is 48.0 Å². The SMILES string of the molecule is Cc1ccc(CC(=O)C[C@@H]2[C@H]3Oc4ccc(Oc5ccnc6c5CCC(=O)N6)cc4[C@@H]23)cc1Cl. The van der Waals surface area contributed by atoms with Crippen LogP contribution in [0.3, 0.4) is 0 Å². The molecule has 3 heterocycles. The fraction of sp³-hybridized carbons (Fsp3) is 0.296. The van der Waals surface area contributed by atoms with Crippen LogP contribution in [0.25, 0.3) is 0 Å². The Hall–Kier alpha value is -3.38. The third-order valence-corrected chi connectivity index (χ3v) is 7.31. The molecular weight excluding hydrogens is 452 g/mol. The first-order valence-corrected chi connectivity index (χ1v) is 11.9. The van der Waals surface area contributed by atoms with E-state index in [0.717, 1.165) is 28.0 Å². The van der Waals surface area contributed by atoms with Gasteiger partial charge in [0.25, 0.3) is 0 Å². The zero-order valence-corrected chi connectivity index (χ0v) is 19.4. The highest BCUT2D eigenvalue weighted by molar-refractivity contribution is 6.31. The third kappa shape index (κ3) is 3.82. The van der Waals surface area contributed by atoms with Gasteiger partial charge in [-0.1, -0.05) is 23.7 Å². The normalized spacial score (nSPS) is 21.6. The van der Waals surface area contributed by atoms with Crippen LogP contribution < -0.4 is 14.8 Å². The van der Waals surface area contributed by atoms with Gasteiger partial charge in [-0.2, -0.15) is 0 Å². The number of anilines is 1. The minimum absolute atomic E-state index is 0.0299. The van der Waals surface area contributed by atoms with Gasteiger partial charge in [0, 0.05) is 53.4 Å². The molecule has 1 aromatic heterocycles. The van der Waals surface area contributed by atoms with E-state index in [-0.39, 0.29) is 29.6 Å². The molecule has 2 aromatic carbocycles. The minimum Gasteiger partial charge on any atom is -0.489 e. The van der Waals surface area contributed by atoms with Gasteiger partial charge in [-0.05, 0) is 54.8 Å². The summed E-state index contributed by atoms with van der Waals surface area (Å²) in [5, 5.41) is 3.49. The Morgan fingerprint density at radius 1 is 1.21 bits per heavy atom. The molecule has 6 nitrogen and oxygen atoms in total. The van der Waals surface area contributed by atoms with Gasteiger partial charge in [0.1, 0.15) is 35.0 Å². The van der Waals surface area contributed by atoms with Gasteiger partial charge >= 0.3 is 0 Å². The molecule has 1 N–H and O–H groups in total. The number of hydrogen-bond acceptors (Lipinski definition) is 5. The molecule has 172 valence electrons. The van der Waals surface area contributed by atoms with E-state index >= 15 is 0 Å². The molecule has 34 heavy (non-hydrogen) atoms. The van der Waals surface area contributed by atoms with Crippen molar-refractivity contribution in [1.82, 2.24) is 4.98 Å². The van der Waals surface area contributed by atoms with Gasteiger partial charge in [-0.25, -0.2) is 4.98 Å². The maximum Gasteiger partial charge on any atom is 0.225 e. The van der Waals surface area contributed by atoms with Crippen LogP contribution in [0.4, 0.5) is 5.82 Å². The molecule has 6 rings (SSSR count). The number of nitrogens with one attached hydrogen (secondary N) is 1. The van der Waals surface area contributed by atoms with Crippen molar-refractivity contribution in [1.29, 1.82) is 0 Å². The number of carbonyl (C=O) groups is 2. The summed E-state index contributed by atoms with van der Waals surface area (Å²) in [6, 6.07) is 13.4. The molecule has 1 saturated carbocycles. The van der Waals surface area contributed by atoms with Crippen LogP contribution in [0.1, 0.15) is 41.0 Å². The maximum atomic E-state index is 12.7. The van der Waals surface area contributed by atoms with Crippen molar-refractivity contribution < 1.29 is 19.1 Å². The van der Waals surface area contributed by atoms with Crippen LogP contribution in [-0.4, -0.2) is 22.8 Å². The summed E-state index contributed by atoms with van der Waals surface area (Å²) in [6.45, 7) is 1.95. The summed E-state index contributed by atoms with van der Waals surface area (Å²) in [6.07, 6.45) is 3.58. The Balaban J connectivity index is 1.14. The topological polar surface area (TPSA) is 77.5 Å². The molecule has 0 radical (unpaired) electrons. The fourth-order valence-electron chi connectivity index (χ4n) is 5.05. The lowest BCUT2D eigenvalue weighted by molar-refractivity contribution is -0.119. The molecular formula is C27H23ClN2O4. The molecule has 0 spiro atoms. The first-order chi connectivity index (χ1) is 16.5. The van der Waals surface area contributed by atoms with E-state index < -0.39 is 0 Å². The van der Waals surface area contributed by atoms with Crippen LogP contribution in [0.2, 0.25) is 5.02 Å². The molecule has 0 saturated heterocycles. The number of carbonyl (C=O) groups excluding carboxylic acids is 2. The Labute approximate surface area is 202 Å². The number of ketones is 1. The maximum absolute atomic E-state index is 12.7. The molecule has 2 aliphatic heterocycles. The number of Topliss-reactive ketones (excluding diaryl/α,β-unsaturated/α-hetero) is 1. The number of hydrogen-bond donors (Lipinski definition) is 1. The third-order valence-electron chi connectivity index (χ3n) is 6.90. The largest absolute Gasteiger partial charge is 0.489 e. The van der Waals surface area contributed by atoms with Crippen LogP contribution in [0.15, 0.2) is 48.7 Å². The highest BCUT2D eigenvalue weighted by Gasteiger charge is 2.59. The number of aryl methyl sites for hydroxylation is 1. The number of halogens is 1. The molecule has 1 fully saturated rings. The predicted octanol–water partition coefficient (Wildman–Crippen LogP) is 5.40. The van der Waals surface area contributed by atoms with E-state index in [4.69, 9.17) is 21.1 Å². The number of amides is 1. The fourth-order valence-corrected chi connectivity index (χ4v) is 5.25. The predicted molar refractivity (Wildman–Crippen MR) is 128 cm³/mol. The van der Waals surface area contributed by atoms with Crippen molar-refractivity contribution in [2.24, 2.45) is 5.92 Å². The van der Waals surface area contributed by atoms with E-state index in [9.17, 15) is 9.59 Å². The van der Waals surface area contributed by atoms with Crippen molar-refractivity contribution in [3.05, 3.63) is 75.9 Å². The quantitative estimate of drug-likeness (QED) is 0.517. The second-order valence-corrected chi connectivity index (χ2v) is 9.67. The molecule has 3 atom stereocenters. The average Bonchev–Trinajstić information content (AvgIpc) is 3.32. The first-order valence-electron chi connectivity index (χ1n) is 11.5. The Morgan fingerprint density at radius 3 is 2.94 bits per heavy atom. The van der Waals surface area contributed by atoms with E-state index in [2.05, 4.69) is 10.3 Å². The van der Waals surface area contributed by atoms with Gasteiger partial charge in [0.15, 0.2) is 0 Å². The second-order valence-electron chi connectivity index (χ2n) is 9.26. The van der Waals surface area contributed by atoms with Crippen molar-refractivity contribution >= 4 is 29.1 Å². The lowest BCUT2D eigenvalue weighted by atomic mass is 10.0. The summed E-state index contributed by atoms with van der Waals surface area (Å²) in [4.78, 5) is 28.6. The lowest BCUT2D eigenvalue weighted by Crippen LogP contribution is -2.20. The smallest absolute Gasteiger partial charge is 0.225 e.